The Kier molecular flexibility index (Phi) is 6.61. The van der Waals surface area contributed by atoms with Crippen molar-refractivity contribution < 1.29 is 19.4 Å². The van der Waals surface area contributed by atoms with Crippen molar-refractivity contribution >= 4 is 11.9 Å². The van der Waals surface area contributed by atoms with Gasteiger partial charge in [0.05, 0.1) is 6.04 Å². The lowest BCUT2D eigenvalue weighted by Crippen LogP contribution is -2.36. The van der Waals surface area contributed by atoms with Gasteiger partial charge in [0.25, 0.3) is 5.91 Å². The van der Waals surface area contributed by atoms with Crippen molar-refractivity contribution in [2.24, 2.45) is 0 Å². The molecular weight excluding hydrogens is 342 g/mol. The number of hydrogen-bond donors (Lipinski definition) is 1. The van der Waals surface area contributed by atoms with Crippen LogP contribution in [0.25, 0.3) is 0 Å². The highest BCUT2D eigenvalue weighted by molar-refractivity contribution is 5.79. The summed E-state index contributed by atoms with van der Waals surface area (Å²) >= 11 is 0. The van der Waals surface area contributed by atoms with Crippen LogP contribution >= 0.6 is 0 Å². The van der Waals surface area contributed by atoms with Gasteiger partial charge in [-0.15, -0.1) is 0 Å². The Bertz CT molecular complexity index is 773. The van der Waals surface area contributed by atoms with Gasteiger partial charge >= 0.3 is 0 Å². The van der Waals surface area contributed by atoms with Crippen molar-refractivity contribution in [3.63, 3.8) is 0 Å². The molecule has 2 aromatic carbocycles. The standard InChI is InChI=1S/C22H27NO4/c1-15-5-11-18(12-6-15)27-14-20(24)23-19(13-21(25)26)16-7-9-17(10-8-16)22(2,3)4/h5-12,19H,13-14H2,1-4H3,(H,23,24)(H,25,26)/p-1. The molecule has 5 nitrogen and oxygen atoms in total. The van der Waals surface area contributed by atoms with E-state index in [1.807, 2.05) is 43.3 Å². The van der Waals surface area contributed by atoms with Crippen LogP contribution in [0.3, 0.4) is 0 Å². The lowest BCUT2D eigenvalue weighted by Gasteiger charge is -2.23. The van der Waals surface area contributed by atoms with Crippen LogP contribution in [-0.2, 0) is 15.0 Å². The summed E-state index contributed by atoms with van der Waals surface area (Å²) in [6.45, 7) is 8.08. The summed E-state index contributed by atoms with van der Waals surface area (Å²) in [4.78, 5) is 23.3. The van der Waals surface area contributed by atoms with E-state index < -0.39 is 12.0 Å². The molecule has 1 N–H and O–H groups in total. The van der Waals surface area contributed by atoms with Gasteiger partial charge in [-0.2, -0.15) is 0 Å². The molecule has 0 aliphatic heterocycles. The second-order valence-corrected chi connectivity index (χ2v) is 7.67. The first-order valence-electron chi connectivity index (χ1n) is 8.94. The van der Waals surface area contributed by atoms with E-state index in [9.17, 15) is 14.7 Å². The molecule has 0 spiro atoms. The third-order valence-corrected chi connectivity index (χ3v) is 4.28. The number of hydrogen-bond acceptors (Lipinski definition) is 4. The van der Waals surface area contributed by atoms with Crippen molar-refractivity contribution in [1.82, 2.24) is 5.32 Å². The lowest BCUT2D eigenvalue weighted by molar-refractivity contribution is -0.306. The van der Waals surface area contributed by atoms with Gasteiger partial charge in [-0.1, -0.05) is 62.7 Å². The first kappa shape index (κ1) is 20.5. The minimum Gasteiger partial charge on any atom is -0.550 e. The molecule has 0 aliphatic rings. The van der Waals surface area contributed by atoms with E-state index in [0.717, 1.165) is 16.7 Å². The van der Waals surface area contributed by atoms with Crippen molar-refractivity contribution in [2.75, 3.05) is 6.61 Å². The summed E-state index contributed by atoms with van der Waals surface area (Å²) in [6.07, 6.45) is -0.300. The molecule has 0 saturated heterocycles. The number of carbonyl (C=O) groups excluding carboxylic acids is 2. The molecule has 2 rings (SSSR count). The van der Waals surface area contributed by atoms with Gasteiger partial charge in [-0.3, -0.25) is 4.79 Å². The first-order valence-corrected chi connectivity index (χ1v) is 8.94. The third kappa shape index (κ3) is 6.44. The Balaban J connectivity index is 2.03. The van der Waals surface area contributed by atoms with E-state index >= 15 is 0 Å². The number of ether oxygens (including phenoxy) is 1. The molecule has 144 valence electrons. The first-order chi connectivity index (χ1) is 12.6. The van der Waals surface area contributed by atoms with Crippen LogP contribution in [0.4, 0.5) is 0 Å². The second-order valence-electron chi connectivity index (χ2n) is 7.67. The molecule has 1 atom stereocenters. The number of rotatable bonds is 7. The lowest BCUT2D eigenvalue weighted by atomic mass is 9.86. The maximum Gasteiger partial charge on any atom is 0.258 e. The summed E-state index contributed by atoms with van der Waals surface area (Å²) in [5.74, 6) is -1.02. The monoisotopic (exact) mass is 368 g/mol. The molecule has 0 bridgehead atoms. The average molecular weight is 368 g/mol. The Hall–Kier alpha value is -2.82. The number of benzene rings is 2. The molecule has 0 aliphatic carbocycles. The fraction of sp³-hybridized carbons (Fsp3) is 0.364. The van der Waals surface area contributed by atoms with E-state index in [0.29, 0.717) is 5.75 Å². The van der Waals surface area contributed by atoms with Gasteiger partial charge in [0.15, 0.2) is 6.61 Å². The summed E-state index contributed by atoms with van der Waals surface area (Å²) < 4.78 is 5.45. The van der Waals surface area contributed by atoms with Crippen molar-refractivity contribution in [1.29, 1.82) is 0 Å². The van der Waals surface area contributed by atoms with E-state index in [1.165, 1.54) is 0 Å². The Morgan fingerprint density at radius 1 is 1.04 bits per heavy atom. The molecular formula is C22H26NO4-. The highest BCUT2D eigenvalue weighted by atomic mass is 16.5. The van der Waals surface area contributed by atoms with Crippen molar-refractivity contribution in [3.8, 4) is 5.75 Å². The van der Waals surface area contributed by atoms with Crippen molar-refractivity contribution in [2.45, 2.75) is 45.6 Å². The van der Waals surface area contributed by atoms with Crippen LogP contribution in [0.1, 0.15) is 49.9 Å². The molecule has 2 aromatic rings. The molecule has 1 amide bonds. The minimum atomic E-state index is -1.22. The Labute approximate surface area is 160 Å². The topological polar surface area (TPSA) is 78.5 Å². The van der Waals surface area contributed by atoms with Crippen LogP contribution in [0.5, 0.6) is 5.75 Å². The SMILES string of the molecule is Cc1ccc(OCC(=O)NC(CC(=O)[O-])c2ccc(C(C)(C)C)cc2)cc1. The zero-order chi connectivity index (χ0) is 20.0. The number of aliphatic carboxylic acids is 1. The minimum absolute atomic E-state index is 0.00644. The van der Waals surface area contributed by atoms with Crippen LogP contribution in [-0.4, -0.2) is 18.5 Å². The molecule has 0 heterocycles. The quantitative estimate of drug-likeness (QED) is 0.815. The van der Waals surface area contributed by atoms with Gasteiger partial charge < -0.3 is 20.0 Å². The summed E-state index contributed by atoms with van der Waals surface area (Å²) in [5.41, 5.74) is 2.94. The third-order valence-electron chi connectivity index (χ3n) is 4.28. The largest absolute Gasteiger partial charge is 0.550 e. The molecule has 1 unspecified atom stereocenters. The number of carboxylic acid groups (broad SMARTS) is 1. The highest BCUT2D eigenvalue weighted by Crippen LogP contribution is 2.25. The van der Waals surface area contributed by atoms with E-state index in [4.69, 9.17) is 4.74 Å². The summed E-state index contributed by atoms with van der Waals surface area (Å²) in [6, 6.07) is 14.3. The number of amides is 1. The predicted octanol–water partition coefficient (Wildman–Crippen LogP) is 2.67. The molecule has 5 heteroatoms. The molecule has 0 saturated carbocycles. The molecule has 0 radical (unpaired) electrons. The maximum absolute atomic E-state index is 12.2. The number of carbonyl (C=O) groups is 2. The zero-order valence-corrected chi connectivity index (χ0v) is 16.2. The normalized spacial score (nSPS) is 12.3. The Morgan fingerprint density at radius 3 is 2.15 bits per heavy atom. The van der Waals surface area contributed by atoms with Crippen LogP contribution in [0, 0.1) is 6.92 Å². The maximum atomic E-state index is 12.2. The Morgan fingerprint density at radius 2 is 1.63 bits per heavy atom. The van der Waals surface area contributed by atoms with Crippen LogP contribution < -0.4 is 15.2 Å². The highest BCUT2D eigenvalue weighted by Gasteiger charge is 2.18. The summed E-state index contributed by atoms with van der Waals surface area (Å²) in [5, 5.41) is 13.8. The predicted molar refractivity (Wildman–Crippen MR) is 102 cm³/mol. The smallest absolute Gasteiger partial charge is 0.258 e. The molecule has 27 heavy (non-hydrogen) atoms. The van der Waals surface area contributed by atoms with Gasteiger partial charge in [-0.05, 0) is 35.6 Å². The van der Waals surface area contributed by atoms with E-state index in [-0.39, 0.29) is 24.3 Å². The molecule has 0 fully saturated rings. The zero-order valence-electron chi connectivity index (χ0n) is 16.2. The number of aryl methyl sites for hydroxylation is 1. The summed E-state index contributed by atoms with van der Waals surface area (Å²) in [7, 11) is 0. The van der Waals surface area contributed by atoms with Crippen molar-refractivity contribution in [3.05, 3.63) is 65.2 Å². The van der Waals surface area contributed by atoms with E-state index in [1.54, 1.807) is 12.1 Å². The van der Waals surface area contributed by atoms with Gasteiger partial charge in [0, 0.05) is 12.4 Å². The van der Waals surface area contributed by atoms with Crippen LogP contribution in [0.15, 0.2) is 48.5 Å². The second kappa shape index (κ2) is 8.71. The van der Waals surface area contributed by atoms with Gasteiger partial charge in [-0.25, -0.2) is 0 Å². The van der Waals surface area contributed by atoms with Gasteiger partial charge in [0.1, 0.15) is 5.75 Å². The number of carboxylic acids is 1. The van der Waals surface area contributed by atoms with Crippen LogP contribution in [0.2, 0.25) is 0 Å². The molecule has 0 aromatic heterocycles. The average Bonchev–Trinajstić information content (AvgIpc) is 2.60. The fourth-order valence-corrected chi connectivity index (χ4v) is 2.65. The van der Waals surface area contributed by atoms with Gasteiger partial charge in [0.2, 0.25) is 0 Å². The fourth-order valence-electron chi connectivity index (χ4n) is 2.65. The van der Waals surface area contributed by atoms with E-state index in [2.05, 4.69) is 26.1 Å². The number of nitrogens with one attached hydrogen (secondary N) is 1.